The quantitative estimate of drug-likeness (QED) is 0.621. The number of rotatable bonds is 4. The molecule has 1 radical (unpaired) electrons. The molecule has 0 aromatic rings. The van der Waals surface area contributed by atoms with E-state index in [9.17, 15) is 0 Å². The van der Waals surface area contributed by atoms with Crippen molar-refractivity contribution in [2.45, 2.75) is 6.42 Å². The highest BCUT2D eigenvalue weighted by Crippen LogP contribution is 1.94. The molecule has 67 valence electrons. The number of nitrogens with zero attached hydrogens (tertiary/aromatic N) is 1. The second-order valence-electron chi connectivity index (χ2n) is 3.00. The molecule has 0 bridgehead atoms. The standard InChI is InChI=1S/C10H17N2/c1-2-3-4-5-8-12-9-6-11-7-10-12/h1-4,11H,5-10H2/b2-1?,4-3+. The molecule has 0 aromatic carbocycles. The summed E-state index contributed by atoms with van der Waals surface area (Å²) in [4.78, 5) is 2.47. The third-order valence-electron chi connectivity index (χ3n) is 2.07. The summed E-state index contributed by atoms with van der Waals surface area (Å²) < 4.78 is 0. The zero-order valence-electron chi connectivity index (χ0n) is 7.50. The van der Waals surface area contributed by atoms with Crippen LogP contribution in [0.1, 0.15) is 6.42 Å². The molecule has 0 amide bonds. The van der Waals surface area contributed by atoms with Crippen LogP contribution in [0.4, 0.5) is 0 Å². The van der Waals surface area contributed by atoms with Crippen LogP contribution < -0.4 is 5.32 Å². The van der Waals surface area contributed by atoms with E-state index in [0.29, 0.717) is 0 Å². The van der Waals surface area contributed by atoms with Gasteiger partial charge in [-0.15, -0.1) is 0 Å². The van der Waals surface area contributed by atoms with Gasteiger partial charge in [0.15, 0.2) is 0 Å². The summed E-state index contributed by atoms with van der Waals surface area (Å²) in [6.07, 6.45) is 6.70. The van der Waals surface area contributed by atoms with Crippen LogP contribution in [0.3, 0.4) is 0 Å². The summed E-state index contributed by atoms with van der Waals surface area (Å²) in [7, 11) is 0. The van der Waals surface area contributed by atoms with Gasteiger partial charge in [-0.2, -0.15) is 0 Å². The molecule has 1 N–H and O–H groups in total. The van der Waals surface area contributed by atoms with E-state index in [2.05, 4.69) is 16.3 Å². The van der Waals surface area contributed by atoms with Crippen molar-refractivity contribution < 1.29 is 0 Å². The van der Waals surface area contributed by atoms with Gasteiger partial charge in [0.2, 0.25) is 0 Å². The van der Waals surface area contributed by atoms with Gasteiger partial charge in [0, 0.05) is 32.7 Å². The lowest BCUT2D eigenvalue weighted by atomic mass is 10.3. The fourth-order valence-electron chi connectivity index (χ4n) is 1.37. The van der Waals surface area contributed by atoms with Crippen LogP contribution in [-0.2, 0) is 0 Å². The van der Waals surface area contributed by atoms with Gasteiger partial charge in [-0.3, -0.25) is 0 Å². The Morgan fingerprint density at radius 3 is 2.75 bits per heavy atom. The van der Waals surface area contributed by atoms with E-state index >= 15 is 0 Å². The lowest BCUT2D eigenvalue weighted by molar-refractivity contribution is 0.245. The Morgan fingerprint density at radius 2 is 2.08 bits per heavy atom. The normalized spacial score (nSPS) is 20.0. The summed E-state index contributed by atoms with van der Waals surface area (Å²) >= 11 is 0. The van der Waals surface area contributed by atoms with E-state index in [1.54, 1.807) is 6.08 Å². The zero-order valence-corrected chi connectivity index (χ0v) is 7.50. The van der Waals surface area contributed by atoms with E-state index < -0.39 is 0 Å². The first kappa shape index (κ1) is 9.49. The molecule has 1 heterocycles. The molecule has 0 unspecified atom stereocenters. The van der Waals surface area contributed by atoms with Crippen molar-refractivity contribution in [1.82, 2.24) is 10.2 Å². The van der Waals surface area contributed by atoms with E-state index in [0.717, 1.165) is 26.1 Å². The SMILES string of the molecule is [CH]=C/C=C/CCN1CCNCC1. The average Bonchev–Trinajstić information content (AvgIpc) is 2.14. The summed E-state index contributed by atoms with van der Waals surface area (Å²) in [6, 6.07) is 0. The lowest BCUT2D eigenvalue weighted by Crippen LogP contribution is -2.43. The molecule has 1 aliphatic rings. The van der Waals surface area contributed by atoms with Gasteiger partial charge in [0.05, 0.1) is 0 Å². The van der Waals surface area contributed by atoms with Crippen molar-refractivity contribution in [3.8, 4) is 0 Å². The minimum absolute atomic E-state index is 1.10. The van der Waals surface area contributed by atoms with Crippen LogP contribution in [0.5, 0.6) is 0 Å². The monoisotopic (exact) mass is 165 g/mol. The van der Waals surface area contributed by atoms with Gasteiger partial charge in [-0.1, -0.05) is 24.8 Å². The molecule has 12 heavy (non-hydrogen) atoms. The molecule has 2 heteroatoms. The van der Waals surface area contributed by atoms with E-state index in [4.69, 9.17) is 6.58 Å². The molecule has 2 nitrogen and oxygen atoms in total. The minimum atomic E-state index is 1.10. The first-order chi connectivity index (χ1) is 5.93. The maximum absolute atomic E-state index is 5.21. The molecule has 1 rings (SSSR count). The summed E-state index contributed by atoms with van der Waals surface area (Å²) in [5, 5.41) is 3.33. The Labute approximate surface area is 74.9 Å². The Morgan fingerprint density at radius 1 is 1.33 bits per heavy atom. The van der Waals surface area contributed by atoms with Crippen LogP contribution in [0, 0.1) is 6.58 Å². The van der Waals surface area contributed by atoms with Gasteiger partial charge < -0.3 is 10.2 Å². The van der Waals surface area contributed by atoms with Crippen LogP contribution in [0.15, 0.2) is 18.2 Å². The van der Waals surface area contributed by atoms with E-state index in [-0.39, 0.29) is 0 Å². The molecule has 0 aliphatic carbocycles. The first-order valence-electron chi connectivity index (χ1n) is 4.56. The number of hydrogen-bond acceptors (Lipinski definition) is 2. The molecular weight excluding hydrogens is 148 g/mol. The molecule has 0 spiro atoms. The van der Waals surface area contributed by atoms with Crippen LogP contribution >= 0.6 is 0 Å². The van der Waals surface area contributed by atoms with Crippen molar-refractivity contribution in [1.29, 1.82) is 0 Å². The molecule has 0 aromatic heterocycles. The van der Waals surface area contributed by atoms with Crippen molar-refractivity contribution in [3.63, 3.8) is 0 Å². The number of nitrogens with one attached hydrogen (secondary N) is 1. The Balaban J connectivity index is 2.05. The highest BCUT2D eigenvalue weighted by Gasteiger charge is 2.06. The third kappa shape index (κ3) is 3.69. The predicted molar refractivity (Wildman–Crippen MR) is 51.9 cm³/mol. The van der Waals surface area contributed by atoms with Crippen LogP contribution in [-0.4, -0.2) is 37.6 Å². The number of allylic oxidation sites excluding steroid dienone is 2. The second kappa shape index (κ2) is 5.98. The van der Waals surface area contributed by atoms with Crippen molar-refractivity contribution in [2.75, 3.05) is 32.7 Å². The molecule has 0 atom stereocenters. The fourth-order valence-corrected chi connectivity index (χ4v) is 1.37. The maximum atomic E-state index is 5.21. The molecule has 0 saturated carbocycles. The number of piperazine rings is 1. The van der Waals surface area contributed by atoms with Gasteiger partial charge >= 0.3 is 0 Å². The van der Waals surface area contributed by atoms with Crippen LogP contribution in [0.25, 0.3) is 0 Å². The summed E-state index contributed by atoms with van der Waals surface area (Å²) in [6.45, 7) is 11.0. The largest absolute Gasteiger partial charge is 0.314 e. The second-order valence-corrected chi connectivity index (χ2v) is 3.00. The predicted octanol–water partition coefficient (Wildman–Crippen LogP) is 0.827. The number of hydrogen-bond donors (Lipinski definition) is 1. The smallest absolute Gasteiger partial charge is 0.0107 e. The fraction of sp³-hybridized carbons (Fsp3) is 0.600. The third-order valence-corrected chi connectivity index (χ3v) is 2.07. The summed E-state index contributed by atoms with van der Waals surface area (Å²) in [5.74, 6) is 0. The molecule has 1 fully saturated rings. The van der Waals surface area contributed by atoms with Crippen molar-refractivity contribution >= 4 is 0 Å². The van der Waals surface area contributed by atoms with Gasteiger partial charge in [0.25, 0.3) is 0 Å². The lowest BCUT2D eigenvalue weighted by Gasteiger charge is -2.26. The highest BCUT2D eigenvalue weighted by atomic mass is 15.2. The molecular formula is C10H17N2. The van der Waals surface area contributed by atoms with Crippen molar-refractivity contribution in [3.05, 3.63) is 24.8 Å². The topological polar surface area (TPSA) is 15.3 Å². The van der Waals surface area contributed by atoms with Gasteiger partial charge in [-0.05, 0) is 6.42 Å². The maximum Gasteiger partial charge on any atom is 0.0107 e. The highest BCUT2D eigenvalue weighted by molar-refractivity contribution is 4.95. The van der Waals surface area contributed by atoms with Crippen LogP contribution in [0.2, 0.25) is 0 Å². The Kier molecular flexibility index (Phi) is 4.73. The van der Waals surface area contributed by atoms with Gasteiger partial charge in [0.1, 0.15) is 0 Å². The zero-order chi connectivity index (χ0) is 8.65. The Bertz CT molecular complexity index is 146. The van der Waals surface area contributed by atoms with Gasteiger partial charge in [-0.25, -0.2) is 0 Å². The molecule has 1 aliphatic heterocycles. The summed E-state index contributed by atoms with van der Waals surface area (Å²) in [5.41, 5.74) is 0. The first-order valence-corrected chi connectivity index (χ1v) is 4.56. The average molecular weight is 165 g/mol. The Hall–Kier alpha value is -0.600. The molecule has 1 saturated heterocycles. The van der Waals surface area contributed by atoms with Crippen molar-refractivity contribution in [2.24, 2.45) is 0 Å². The minimum Gasteiger partial charge on any atom is -0.314 e. The van der Waals surface area contributed by atoms with E-state index in [1.807, 2.05) is 6.08 Å². The van der Waals surface area contributed by atoms with E-state index in [1.165, 1.54) is 13.1 Å².